The van der Waals surface area contributed by atoms with E-state index in [4.69, 9.17) is 0 Å². The van der Waals surface area contributed by atoms with Gasteiger partial charge in [0.2, 0.25) is 0 Å². The molecule has 0 amide bonds. The number of hydrogen-bond acceptors (Lipinski definition) is 1. The monoisotopic (exact) mass is 272 g/mol. The molecule has 0 spiro atoms. The first-order valence-corrected chi connectivity index (χ1v) is 7.31. The summed E-state index contributed by atoms with van der Waals surface area (Å²) in [7, 11) is 0. The second-order valence-corrected chi connectivity index (χ2v) is 6.15. The minimum Gasteiger partial charge on any atom is -0.294 e. The average molecular weight is 272 g/mol. The average Bonchev–Trinajstić information content (AvgIpc) is 2.67. The quantitative estimate of drug-likeness (QED) is 0.899. The van der Waals surface area contributed by atoms with Crippen LogP contribution in [0.2, 0.25) is 0 Å². The van der Waals surface area contributed by atoms with Crippen molar-refractivity contribution in [2.24, 2.45) is 5.92 Å². The summed E-state index contributed by atoms with van der Waals surface area (Å²) in [5.41, 5.74) is 4.32. The predicted octanol–water partition coefficient (Wildman–Crippen LogP) is 3.93. The molecule has 108 valence electrons. The normalized spacial score (nSPS) is 11.6. The van der Waals surface area contributed by atoms with Crippen LogP contribution in [0.15, 0.2) is 29.1 Å². The highest BCUT2D eigenvalue weighted by atomic mass is 16.1. The molecule has 0 aliphatic carbocycles. The highest BCUT2D eigenvalue weighted by Gasteiger charge is 2.18. The zero-order valence-electron chi connectivity index (χ0n) is 13.0. The fraction of sp³-hybridized carbons (Fsp3) is 0.471. The molecule has 0 atom stereocenters. The lowest BCUT2D eigenvalue weighted by Crippen LogP contribution is -2.21. The molecule has 20 heavy (non-hydrogen) atoms. The molecule has 0 aliphatic rings. The number of nitrogens with one attached hydrogen (secondary N) is 1. The summed E-state index contributed by atoms with van der Waals surface area (Å²) in [6.07, 6.45) is 0.804. The van der Waals surface area contributed by atoms with E-state index >= 15 is 0 Å². The van der Waals surface area contributed by atoms with E-state index < -0.39 is 0 Å². The third-order valence-corrected chi connectivity index (χ3v) is 3.55. The highest BCUT2D eigenvalue weighted by molar-refractivity contribution is 5.66. The van der Waals surface area contributed by atoms with Crippen molar-refractivity contribution in [3.8, 4) is 11.3 Å². The van der Waals surface area contributed by atoms with Gasteiger partial charge in [0.15, 0.2) is 0 Å². The minimum atomic E-state index is 0.118. The van der Waals surface area contributed by atoms with Crippen molar-refractivity contribution in [2.45, 2.75) is 47.1 Å². The maximum absolute atomic E-state index is 12.6. The summed E-state index contributed by atoms with van der Waals surface area (Å²) >= 11 is 0. The molecule has 0 bridgehead atoms. The Labute approximate surface area is 120 Å². The number of aromatic amines is 1. The van der Waals surface area contributed by atoms with E-state index in [2.05, 4.69) is 38.0 Å². The Bertz CT molecular complexity index is 647. The van der Waals surface area contributed by atoms with Crippen LogP contribution in [0.25, 0.3) is 11.3 Å². The Balaban J connectivity index is 2.66. The van der Waals surface area contributed by atoms with Gasteiger partial charge in [-0.25, -0.2) is 4.68 Å². The van der Waals surface area contributed by atoms with Gasteiger partial charge >= 0.3 is 0 Å². The summed E-state index contributed by atoms with van der Waals surface area (Å²) in [6.45, 7) is 10.4. The second kappa shape index (κ2) is 5.70. The van der Waals surface area contributed by atoms with Crippen molar-refractivity contribution >= 4 is 0 Å². The lowest BCUT2D eigenvalue weighted by molar-refractivity contribution is 0.515. The molecule has 0 saturated carbocycles. The first-order valence-electron chi connectivity index (χ1n) is 7.31. The van der Waals surface area contributed by atoms with E-state index in [0.29, 0.717) is 5.92 Å². The Morgan fingerprint density at radius 3 is 2.35 bits per heavy atom. The van der Waals surface area contributed by atoms with Gasteiger partial charge in [-0.2, -0.15) is 0 Å². The third-order valence-electron chi connectivity index (χ3n) is 3.55. The third kappa shape index (κ3) is 2.72. The van der Waals surface area contributed by atoms with Crippen LogP contribution in [0.4, 0.5) is 0 Å². The minimum absolute atomic E-state index is 0.118. The second-order valence-electron chi connectivity index (χ2n) is 6.15. The van der Waals surface area contributed by atoms with Gasteiger partial charge in [-0.15, -0.1) is 0 Å². The number of aromatic nitrogens is 2. The fourth-order valence-electron chi connectivity index (χ4n) is 2.53. The van der Waals surface area contributed by atoms with E-state index in [-0.39, 0.29) is 11.6 Å². The molecule has 2 rings (SSSR count). The van der Waals surface area contributed by atoms with Gasteiger partial charge in [0.25, 0.3) is 5.56 Å². The van der Waals surface area contributed by atoms with Crippen LogP contribution in [0.3, 0.4) is 0 Å². The number of hydrogen-bond donors (Lipinski definition) is 1. The predicted molar refractivity (Wildman–Crippen MR) is 84.2 cm³/mol. The zero-order valence-corrected chi connectivity index (χ0v) is 13.0. The molecule has 0 aliphatic heterocycles. The largest absolute Gasteiger partial charge is 0.294 e. The molecule has 1 aromatic heterocycles. The highest BCUT2D eigenvalue weighted by Crippen LogP contribution is 2.25. The van der Waals surface area contributed by atoms with E-state index in [0.717, 1.165) is 23.2 Å². The van der Waals surface area contributed by atoms with Crippen molar-refractivity contribution in [2.75, 3.05) is 0 Å². The Morgan fingerprint density at radius 2 is 1.80 bits per heavy atom. The molecular weight excluding hydrogens is 248 g/mol. The molecular formula is C17H24N2O. The molecule has 0 fully saturated rings. The van der Waals surface area contributed by atoms with Gasteiger partial charge in [0, 0.05) is 17.2 Å². The Hall–Kier alpha value is -1.77. The lowest BCUT2D eigenvalue weighted by atomic mass is 9.97. The van der Waals surface area contributed by atoms with E-state index in [1.807, 2.05) is 26.0 Å². The fourth-order valence-corrected chi connectivity index (χ4v) is 2.53. The number of nitrogens with zero attached hydrogens (tertiary/aromatic N) is 1. The van der Waals surface area contributed by atoms with Crippen LogP contribution in [-0.2, 0) is 6.42 Å². The summed E-state index contributed by atoms with van der Waals surface area (Å²) in [4.78, 5) is 12.6. The molecule has 2 aromatic rings. The van der Waals surface area contributed by atoms with Crippen LogP contribution in [0, 0.1) is 12.8 Å². The first kappa shape index (κ1) is 14.6. The van der Waals surface area contributed by atoms with Gasteiger partial charge in [-0.05, 0) is 38.7 Å². The summed E-state index contributed by atoms with van der Waals surface area (Å²) in [6, 6.07) is 8.35. The molecule has 1 heterocycles. The standard InChI is InChI=1S/C17H24N2O/c1-11(2)10-15-16(14-9-7-6-8-13(14)5)18-19(12(3)4)17(15)20/h6-9,11-12,18H,10H2,1-5H3. The van der Waals surface area contributed by atoms with E-state index in [1.54, 1.807) is 4.68 Å². The molecule has 3 nitrogen and oxygen atoms in total. The molecule has 1 N–H and O–H groups in total. The molecule has 0 radical (unpaired) electrons. The van der Waals surface area contributed by atoms with Crippen LogP contribution in [0.5, 0.6) is 0 Å². The number of benzene rings is 1. The first-order chi connectivity index (χ1) is 9.41. The molecule has 0 saturated heterocycles. The smallest absolute Gasteiger partial charge is 0.270 e. The number of H-pyrrole nitrogens is 1. The summed E-state index contributed by atoms with van der Waals surface area (Å²) in [5, 5.41) is 3.32. The van der Waals surface area contributed by atoms with Crippen molar-refractivity contribution in [1.82, 2.24) is 9.78 Å². The van der Waals surface area contributed by atoms with Gasteiger partial charge < -0.3 is 0 Å². The van der Waals surface area contributed by atoms with Crippen LogP contribution in [0.1, 0.15) is 44.9 Å². The Morgan fingerprint density at radius 1 is 1.15 bits per heavy atom. The lowest BCUT2D eigenvalue weighted by Gasteiger charge is -2.08. The van der Waals surface area contributed by atoms with Gasteiger partial charge in [-0.1, -0.05) is 38.1 Å². The van der Waals surface area contributed by atoms with Crippen molar-refractivity contribution in [3.63, 3.8) is 0 Å². The summed E-state index contributed by atoms with van der Waals surface area (Å²) in [5.74, 6) is 0.460. The van der Waals surface area contributed by atoms with Crippen LogP contribution < -0.4 is 5.56 Å². The van der Waals surface area contributed by atoms with Crippen LogP contribution >= 0.6 is 0 Å². The topological polar surface area (TPSA) is 37.8 Å². The molecule has 0 unspecified atom stereocenters. The van der Waals surface area contributed by atoms with Crippen molar-refractivity contribution in [1.29, 1.82) is 0 Å². The van der Waals surface area contributed by atoms with Gasteiger partial charge in [-0.3, -0.25) is 9.89 Å². The van der Waals surface area contributed by atoms with Gasteiger partial charge in [0.1, 0.15) is 0 Å². The Kier molecular flexibility index (Phi) is 4.17. The van der Waals surface area contributed by atoms with E-state index in [9.17, 15) is 4.79 Å². The van der Waals surface area contributed by atoms with E-state index in [1.165, 1.54) is 5.56 Å². The van der Waals surface area contributed by atoms with Gasteiger partial charge in [0.05, 0.1) is 5.69 Å². The number of rotatable bonds is 4. The molecule has 1 aromatic carbocycles. The summed E-state index contributed by atoms with van der Waals surface area (Å²) < 4.78 is 1.74. The maximum atomic E-state index is 12.6. The molecule has 3 heteroatoms. The van der Waals surface area contributed by atoms with Crippen LogP contribution in [-0.4, -0.2) is 9.78 Å². The van der Waals surface area contributed by atoms with Crippen molar-refractivity contribution in [3.05, 3.63) is 45.7 Å². The van der Waals surface area contributed by atoms with Crippen molar-refractivity contribution < 1.29 is 0 Å². The SMILES string of the molecule is Cc1ccccc1-c1[nH]n(C(C)C)c(=O)c1CC(C)C. The maximum Gasteiger partial charge on any atom is 0.270 e. The number of aryl methyl sites for hydroxylation is 1. The zero-order chi connectivity index (χ0) is 14.9.